The van der Waals surface area contributed by atoms with Crippen molar-refractivity contribution in [3.8, 4) is 11.5 Å². The Morgan fingerprint density at radius 1 is 1.24 bits per heavy atom. The number of furan rings is 1. The molecule has 0 radical (unpaired) electrons. The van der Waals surface area contributed by atoms with Crippen LogP contribution in [0.15, 0.2) is 47.1 Å². The number of hydrogen-bond donors (Lipinski definition) is 1. The number of nitrogens with zero attached hydrogens (tertiary/aromatic N) is 1. The van der Waals surface area contributed by atoms with Gasteiger partial charge in [-0.25, -0.2) is 0 Å². The van der Waals surface area contributed by atoms with E-state index in [-0.39, 0.29) is 24.5 Å². The fourth-order valence-corrected chi connectivity index (χ4v) is 3.30. The number of likely N-dealkylation sites (tertiary alicyclic amines) is 1. The first-order chi connectivity index (χ1) is 14.1. The van der Waals surface area contributed by atoms with Crippen molar-refractivity contribution >= 4 is 17.9 Å². The second-order valence-electron chi connectivity index (χ2n) is 6.81. The van der Waals surface area contributed by atoms with Gasteiger partial charge in [-0.15, -0.1) is 0 Å². The highest BCUT2D eigenvalue weighted by Gasteiger charge is 2.25. The summed E-state index contributed by atoms with van der Waals surface area (Å²) < 4.78 is 16.1. The second kappa shape index (κ2) is 9.82. The lowest BCUT2D eigenvalue weighted by Crippen LogP contribution is -2.47. The lowest BCUT2D eigenvalue weighted by Gasteiger charge is -2.31. The molecule has 1 N–H and O–H groups in total. The maximum atomic E-state index is 12.3. The van der Waals surface area contributed by atoms with Crippen LogP contribution in [0.5, 0.6) is 11.5 Å². The molecule has 154 valence electrons. The summed E-state index contributed by atoms with van der Waals surface area (Å²) in [6, 6.07) is 8.93. The normalized spacial score (nSPS) is 14.8. The van der Waals surface area contributed by atoms with Gasteiger partial charge in [0.25, 0.3) is 11.8 Å². The van der Waals surface area contributed by atoms with Crippen LogP contribution in [0.25, 0.3) is 6.08 Å². The Labute approximate surface area is 170 Å². The fourth-order valence-electron chi connectivity index (χ4n) is 3.30. The highest BCUT2D eigenvalue weighted by atomic mass is 16.5. The summed E-state index contributed by atoms with van der Waals surface area (Å²) in [6.45, 7) is 3.00. The van der Waals surface area contributed by atoms with Crippen LogP contribution in [0.3, 0.4) is 0 Å². The van der Waals surface area contributed by atoms with Gasteiger partial charge in [-0.1, -0.05) is 18.2 Å². The van der Waals surface area contributed by atoms with Crippen molar-refractivity contribution in [2.45, 2.75) is 25.8 Å². The van der Waals surface area contributed by atoms with Crippen molar-refractivity contribution in [3.05, 3.63) is 54.0 Å². The van der Waals surface area contributed by atoms with Gasteiger partial charge in [0, 0.05) is 19.1 Å². The minimum atomic E-state index is -0.194. The van der Waals surface area contributed by atoms with E-state index in [0.717, 1.165) is 5.56 Å². The second-order valence-corrected chi connectivity index (χ2v) is 6.81. The summed E-state index contributed by atoms with van der Waals surface area (Å²) in [7, 11) is 1.57. The largest absolute Gasteiger partial charge is 0.493 e. The zero-order valence-electron chi connectivity index (χ0n) is 16.7. The first-order valence-corrected chi connectivity index (χ1v) is 9.66. The minimum absolute atomic E-state index is 0.0192. The van der Waals surface area contributed by atoms with Gasteiger partial charge in [-0.3, -0.25) is 9.59 Å². The fraction of sp³-hybridized carbons (Fsp3) is 0.364. The van der Waals surface area contributed by atoms with Crippen LogP contribution in [-0.2, 0) is 4.79 Å². The van der Waals surface area contributed by atoms with Crippen LogP contribution in [-0.4, -0.2) is 49.6 Å². The summed E-state index contributed by atoms with van der Waals surface area (Å²) in [4.78, 5) is 26.3. The molecule has 0 unspecified atom stereocenters. The van der Waals surface area contributed by atoms with Crippen LogP contribution in [0.4, 0.5) is 0 Å². The molecule has 29 heavy (non-hydrogen) atoms. The Morgan fingerprint density at radius 2 is 2.03 bits per heavy atom. The summed E-state index contributed by atoms with van der Waals surface area (Å²) >= 11 is 0. The number of hydrogen-bond acceptors (Lipinski definition) is 5. The van der Waals surface area contributed by atoms with E-state index in [0.29, 0.717) is 43.2 Å². The number of carbonyl (C=O) groups excluding carboxylic acids is 2. The molecule has 2 heterocycles. The lowest BCUT2D eigenvalue weighted by atomic mass is 10.0. The smallest absolute Gasteiger partial charge is 0.289 e. The average molecular weight is 398 g/mol. The number of carbonyl (C=O) groups is 2. The number of methoxy groups -OCH3 is 1. The number of benzene rings is 1. The van der Waals surface area contributed by atoms with Gasteiger partial charge < -0.3 is 24.1 Å². The molecular weight excluding hydrogens is 372 g/mol. The molecule has 0 saturated carbocycles. The van der Waals surface area contributed by atoms with Crippen LogP contribution in [0.2, 0.25) is 0 Å². The Bertz CT molecular complexity index is 852. The van der Waals surface area contributed by atoms with Gasteiger partial charge in [0.05, 0.1) is 13.4 Å². The number of nitrogens with one attached hydrogen (secondary N) is 1. The van der Waals surface area contributed by atoms with Crippen molar-refractivity contribution in [3.63, 3.8) is 0 Å². The van der Waals surface area contributed by atoms with E-state index in [2.05, 4.69) is 5.32 Å². The van der Waals surface area contributed by atoms with E-state index in [1.165, 1.54) is 6.26 Å². The van der Waals surface area contributed by atoms with Crippen molar-refractivity contribution in [2.24, 2.45) is 0 Å². The lowest BCUT2D eigenvalue weighted by molar-refractivity contribution is -0.124. The SMILES string of the molecule is C/C=C/c1ccc(OCC(=O)NC2CCN(C(=O)c3ccco3)CC2)c(OC)c1. The number of rotatable bonds is 7. The highest BCUT2D eigenvalue weighted by Crippen LogP contribution is 2.28. The summed E-state index contributed by atoms with van der Waals surface area (Å²) in [5.41, 5.74) is 0.997. The molecule has 1 aliphatic heterocycles. The summed E-state index contributed by atoms with van der Waals surface area (Å²) in [6.07, 6.45) is 6.78. The van der Waals surface area contributed by atoms with Gasteiger partial charge in [0.15, 0.2) is 23.9 Å². The van der Waals surface area contributed by atoms with Crippen molar-refractivity contribution in [1.29, 1.82) is 0 Å². The van der Waals surface area contributed by atoms with E-state index in [1.807, 2.05) is 31.2 Å². The quantitative estimate of drug-likeness (QED) is 0.775. The zero-order chi connectivity index (χ0) is 20.6. The van der Waals surface area contributed by atoms with Crippen molar-refractivity contribution in [1.82, 2.24) is 10.2 Å². The van der Waals surface area contributed by atoms with E-state index in [9.17, 15) is 9.59 Å². The van der Waals surface area contributed by atoms with Crippen molar-refractivity contribution < 1.29 is 23.5 Å². The molecule has 1 aromatic carbocycles. The Kier molecular flexibility index (Phi) is 6.94. The van der Waals surface area contributed by atoms with Crippen LogP contribution < -0.4 is 14.8 Å². The van der Waals surface area contributed by atoms with Gasteiger partial charge in [0.2, 0.25) is 0 Å². The number of piperidine rings is 1. The standard InChI is InChI=1S/C22H26N2O5/c1-3-5-16-7-8-18(20(14-16)27-2)29-15-21(25)23-17-9-11-24(12-10-17)22(26)19-6-4-13-28-19/h3-8,13-14,17H,9-12,15H2,1-2H3,(H,23,25)/b5-3+. The molecule has 0 aliphatic carbocycles. The Balaban J connectivity index is 1.45. The average Bonchev–Trinajstić information content (AvgIpc) is 3.28. The molecular formula is C22H26N2O5. The molecule has 7 heteroatoms. The molecule has 3 rings (SSSR count). The predicted octanol–water partition coefficient (Wildman–Crippen LogP) is 3.12. The van der Waals surface area contributed by atoms with Crippen molar-refractivity contribution in [2.75, 3.05) is 26.8 Å². The van der Waals surface area contributed by atoms with E-state index < -0.39 is 0 Å². The first kappa shape index (κ1) is 20.5. The molecule has 1 fully saturated rings. The monoisotopic (exact) mass is 398 g/mol. The molecule has 1 aliphatic rings. The van der Waals surface area contributed by atoms with E-state index in [4.69, 9.17) is 13.9 Å². The van der Waals surface area contributed by atoms with Crippen LogP contribution in [0, 0.1) is 0 Å². The third kappa shape index (κ3) is 5.40. The number of allylic oxidation sites excluding steroid dienone is 1. The topological polar surface area (TPSA) is 81.0 Å². The van der Waals surface area contributed by atoms with Gasteiger partial charge >= 0.3 is 0 Å². The Morgan fingerprint density at radius 3 is 2.69 bits per heavy atom. The minimum Gasteiger partial charge on any atom is -0.493 e. The zero-order valence-corrected chi connectivity index (χ0v) is 16.7. The molecule has 1 aromatic heterocycles. The van der Waals surface area contributed by atoms with Gasteiger partial charge in [-0.2, -0.15) is 0 Å². The molecule has 1 saturated heterocycles. The molecule has 0 spiro atoms. The summed E-state index contributed by atoms with van der Waals surface area (Å²) in [5, 5.41) is 2.98. The maximum Gasteiger partial charge on any atom is 0.289 e. The predicted molar refractivity (Wildman–Crippen MR) is 109 cm³/mol. The third-order valence-electron chi connectivity index (χ3n) is 4.78. The highest BCUT2D eigenvalue weighted by molar-refractivity contribution is 5.91. The number of amides is 2. The molecule has 7 nitrogen and oxygen atoms in total. The first-order valence-electron chi connectivity index (χ1n) is 9.66. The molecule has 2 amide bonds. The maximum absolute atomic E-state index is 12.3. The van der Waals surface area contributed by atoms with Gasteiger partial charge in [-0.05, 0) is 49.6 Å². The van der Waals surface area contributed by atoms with Crippen LogP contribution in [0.1, 0.15) is 35.9 Å². The Hall–Kier alpha value is -3.22. The number of ether oxygens (including phenoxy) is 2. The van der Waals surface area contributed by atoms with Gasteiger partial charge in [0.1, 0.15) is 0 Å². The summed E-state index contributed by atoms with van der Waals surface area (Å²) in [5.74, 6) is 1.14. The third-order valence-corrected chi connectivity index (χ3v) is 4.78. The molecule has 0 bridgehead atoms. The molecule has 0 atom stereocenters. The van der Waals surface area contributed by atoms with E-state index in [1.54, 1.807) is 30.2 Å². The van der Waals surface area contributed by atoms with E-state index >= 15 is 0 Å². The molecule has 2 aromatic rings. The van der Waals surface area contributed by atoms with Crippen LogP contribution >= 0.6 is 0 Å².